The second-order valence-electron chi connectivity index (χ2n) is 5.56. The topological polar surface area (TPSA) is 50.4 Å². The summed E-state index contributed by atoms with van der Waals surface area (Å²) in [5, 5.41) is 6.37. The first-order chi connectivity index (χ1) is 9.83. The number of rotatable bonds is 3. The van der Waals surface area contributed by atoms with E-state index in [0.717, 1.165) is 30.9 Å². The zero-order valence-electron chi connectivity index (χ0n) is 11.7. The van der Waals surface area contributed by atoms with Gasteiger partial charge in [-0.3, -0.25) is 4.79 Å². The molecule has 20 heavy (non-hydrogen) atoms. The van der Waals surface area contributed by atoms with Crippen molar-refractivity contribution in [1.29, 1.82) is 0 Å². The molecule has 2 heterocycles. The minimum atomic E-state index is 0.0652. The lowest BCUT2D eigenvalue weighted by Crippen LogP contribution is -2.48. The lowest BCUT2D eigenvalue weighted by Gasteiger charge is -2.23. The normalized spacial score (nSPS) is 22.9. The van der Waals surface area contributed by atoms with Crippen LogP contribution in [0.3, 0.4) is 0 Å². The maximum Gasteiger partial charge on any atom is 0.261 e. The van der Waals surface area contributed by atoms with E-state index >= 15 is 0 Å². The first-order valence-corrected chi connectivity index (χ1v) is 8.35. The number of thiophene rings is 1. The van der Waals surface area contributed by atoms with Gasteiger partial charge in [0.2, 0.25) is 0 Å². The van der Waals surface area contributed by atoms with Crippen LogP contribution in [0, 0.1) is 0 Å². The van der Waals surface area contributed by atoms with Gasteiger partial charge in [0.05, 0.1) is 18.1 Å². The Morgan fingerprint density at radius 1 is 1.40 bits per heavy atom. The highest BCUT2D eigenvalue weighted by molar-refractivity contribution is 7.14. The maximum absolute atomic E-state index is 12.2. The summed E-state index contributed by atoms with van der Waals surface area (Å²) in [4.78, 5) is 14.5. The van der Waals surface area contributed by atoms with Crippen molar-refractivity contribution in [3.8, 4) is 0 Å². The van der Waals surface area contributed by atoms with Crippen LogP contribution in [0.4, 0.5) is 0 Å². The summed E-state index contributed by atoms with van der Waals surface area (Å²) < 4.78 is 5.39. The third kappa shape index (κ3) is 3.40. The van der Waals surface area contributed by atoms with Crippen molar-refractivity contribution in [3.63, 3.8) is 0 Å². The number of carbonyl (C=O) groups is 1. The molecule has 5 heteroatoms. The molecule has 1 aliphatic heterocycles. The average Bonchev–Trinajstić information content (AvgIpc) is 2.77. The molecule has 1 unspecified atom stereocenters. The summed E-state index contributed by atoms with van der Waals surface area (Å²) >= 11 is 1.68. The molecule has 110 valence electrons. The predicted octanol–water partition coefficient (Wildman–Crippen LogP) is 1.74. The SMILES string of the molecule is O=C(NCC1COCCN1)c1cc2c(s1)CCCCC2. The van der Waals surface area contributed by atoms with Gasteiger partial charge in [0.25, 0.3) is 5.91 Å². The summed E-state index contributed by atoms with van der Waals surface area (Å²) in [5.74, 6) is 0.0652. The van der Waals surface area contributed by atoms with Crippen LogP contribution < -0.4 is 10.6 Å². The van der Waals surface area contributed by atoms with Crippen molar-refractivity contribution < 1.29 is 9.53 Å². The molecule has 3 rings (SSSR count). The standard InChI is InChI=1S/C15H22N2O2S/c18-15(17-9-12-10-19-7-6-16-12)14-8-11-4-2-1-3-5-13(11)20-14/h8,12,16H,1-7,9-10H2,(H,17,18). The Morgan fingerprint density at radius 3 is 3.15 bits per heavy atom. The molecule has 1 atom stereocenters. The zero-order valence-corrected chi connectivity index (χ0v) is 12.6. The fraction of sp³-hybridized carbons (Fsp3) is 0.667. The van der Waals surface area contributed by atoms with E-state index < -0.39 is 0 Å². The Morgan fingerprint density at radius 2 is 2.30 bits per heavy atom. The van der Waals surface area contributed by atoms with Crippen molar-refractivity contribution in [2.75, 3.05) is 26.3 Å². The molecule has 1 fully saturated rings. The number of amides is 1. The van der Waals surface area contributed by atoms with Crippen LogP contribution in [-0.4, -0.2) is 38.3 Å². The third-order valence-corrected chi connectivity index (χ3v) is 5.21. The van der Waals surface area contributed by atoms with Crippen LogP contribution in [-0.2, 0) is 17.6 Å². The van der Waals surface area contributed by atoms with E-state index in [2.05, 4.69) is 16.7 Å². The second kappa shape index (κ2) is 6.70. The van der Waals surface area contributed by atoms with E-state index in [9.17, 15) is 4.79 Å². The molecule has 0 bridgehead atoms. The maximum atomic E-state index is 12.2. The Balaban J connectivity index is 1.56. The van der Waals surface area contributed by atoms with Crippen LogP contribution in [0.2, 0.25) is 0 Å². The first-order valence-electron chi connectivity index (χ1n) is 7.54. The number of aryl methyl sites for hydroxylation is 2. The van der Waals surface area contributed by atoms with E-state index in [1.165, 1.54) is 29.7 Å². The Bertz CT molecular complexity index is 443. The fourth-order valence-electron chi connectivity index (χ4n) is 2.83. The van der Waals surface area contributed by atoms with E-state index in [1.807, 2.05) is 0 Å². The second-order valence-corrected chi connectivity index (χ2v) is 6.69. The number of fused-ring (bicyclic) bond motifs is 1. The van der Waals surface area contributed by atoms with Gasteiger partial charge in [0, 0.05) is 24.0 Å². The molecule has 0 radical (unpaired) electrons. The molecule has 2 aliphatic rings. The van der Waals surface area contributed by atoms with E-state index in [-0.39, 0.29) is 11.9 Å². The van der Waals surface area contributed by atoms with E-state index in [4.69, 9.17) is 4.74 Å². The third-order valence-electron chi connectivity index (χ3n) is 3.98. The molecule has 1 aromatic rings. The number of hydrogen-bond donors (Lipinski definition) is 2. The van der Waals surface area contributed by atoms with Gasteiger partial charge in [-0.15, -0.1) is 11.3 Å². The van der Waals surface area contributed by atoms with Gasteiger partial charge in [0.1, 0.15) is 0 Å². The van der Waals surface area contributed by atoms with E-state index in [1.54, 1.807) is 11.3 Å². The highest BCUT2D eigenvalue weighted by atomic mass is 32.1. The highest BCUT2D eigenvalue weighted by Crippen LogP contribution is 2.28. The largest absolute Gasteiger partial charge is 0.378 e. The van der Waals surface area contributed by atoms with E-state index in [0.29, 0.717) is 13.2 Å². The Hall–Kier alpha value is -0.910. The van der Waals surface area contributed by atoms with Crippen molar-refractivity contribution in [2.24, 2.45) is 0 Å². The Kier molecular flexibility index (Phi) is 4.70. The minimum Gasteiger partial charge on any atom is -0.378 e. The van der Waals surface area contributed by atoms with Gasteiger partial charge < -0.3 is 15.4 Å². The van der Waals surface area contributed by atoms with Crippen molar-refractivity contribution >= 4 is 17.2 Å². The molecular weight excluding hydrogens is 272 g/mol. The molecule has 0 spiro atoms. The quantitative estimate of drug-likeness (QED) is 0.835. The molecule has 0 aromatic carbocycles. The number of carbonyl (C=O) groups excluding carboxylic acids is 1. The monoisotopic (exact) mass is 294 g/mol. The van der Waals surface area contributed by atoms with Crippen molar-refractivity contribution in [1.82, 2.24) is 10.6 Å². The minimum absolute atomic E-state index is 0.0652. The van der Waals surface area contributed by atoms with Crippen LogP contribution in [0.5, 0.6) is 0 Å². The summed E-state index contributed by atoms with van der Waals surface area (Å²) in [6.07, 6.45) is 6.12. The molecule has 2 N–H and O–H groups in total. The van der Waals surface area contributed by atoms with Crippen LogP contribution >= 0.6 is 11.3 Å². The smallest absolute Gasteiger partial charge is 0.261 e. The van der Waals surface area contributed by atoms with Gasteiger partial charge in [-0.2, -0.15) is 0 Å². The lowest BCUT2D eigenvalue weighted by molar-refractivity contribution is 0.0735. The summed E-state index contributed by atoms with van der Waals surface area (Å²) in [7, 11) is 0. The highest BCUT2D eigenvalue weighted by Gasteiger charge is 2.18. The van der Waals surface area contributed by atoms with Crippen LogP contribution in [0.25, 0.3) is 0 Å². The van der Waals surface area contributed by atoms with Gasteiger partial charge >= 0.3 is 0 Å². The average molecular weight is 294 g/mol. The predicted molar refractivity (Wildman–Crippen MR) is 80.5 cm³/mol. The number of morpholine rings is 1. The number of hydrogen-bond acceptors (Lipinski definition) is 4. The summed E-state index contributed by atoms with van der Waals surface area (Å²) in [5.41, 5.74) is 1.40. The van der Waals surface area contributed by atoms with Crippen molar-refractivity contribution in [3.05, 3.63) is 21.4 Å². The zero-order chi connectivity index (χ0) is 13.8. The lowest BCUT2D eigenvalue weighted by atomic mass is 10.1. The molecular formula is C15H22N2O2S. The van der Waals surface area contributed by atoms with Gasteiger partial charge in [-0.25, -0.2) is 0 Å². The van der Waals surface area contributed by atoms with Gasteiger partial charge in [0.15, 0.2) is 0 Å². The molecule has 1 saturated heterocycles. The summed E-state index contributed by atoms with van der Waals surface area (Å²) in [6, 6.07) is 2.34. The molecule has 1 amide bonds. The van der Waals surface area contributed by atoms with Gasteiger partial charge in [-0.05, 0) is 37.3 Å². The van der Waals surface area contributed by atoms with Crippen LogP contribution in [0.1, 0.15) is 39.4 Å². The molecule has 0 saturated carbocycles. The Labute approximate surface area is 123 Å². The fourth-order valence-corrected chi connectivity index (χ4v) is 4.00. The van der Waals surface area contributed by atoms with Crippen molar-refractivity contribution in [2.45, 2.75) is 38.1 Å². The van der Waals surface area contributed by atoms with Crippen LogP contribution in [0.15, 0.2) is 6.07 Å². The number of ether oxygens (including phenoxy) is 1. The molecule has 4 nitrogen and oxygen atoms in total. The van der Waals surface area contributed by atoms with Gasteiger partial charge in [-0.1, -0.05) is 6.42 Å². The molecule has 1 aromatic heterocycles. The number of nitrogens with one attached hydrogen (secondary N) is 2. The molecule has 1 aliphatic carbocycles. The summed E-state index contributed by atoms with van der Waals surface area (Å²) in [6.45, 7) is 2.96. The first kappa shape index (κ1) is 14.0.